The zero-order chi connectivity index (χ0) is 24.2. The summed E-state index contributed by atoms with van der Waals surface area (Å²) in [5, 5.41) is 11.3. The molecule has 35 heavy (non-hydrogen) atoms. The Labute approximate surface area is 202 Å². The first-order chi connectivity index (χ1) is 17.1. The van der Waals surface area contributed by atoms with E-state index in [4.69, 9.17) is 4.74 Å². The van der Waals surface area contributed by atoms with Gasteiger partial charge in [-0.2, -0.15) is 0 Å². The molecular formula is C30H23NO4. The number of pyridine rings is 1. The van der Waals surface area contributed by atoms with Crippen LogP contribution in [0.25, 0.3) is 21.9 Å². The van der Waals surface area contributed by atoms with Gasteiger partial charge in [-0.15, -0.1) is 0 Å². The number of carbonyl (C=O) groups is 1. The molecule has 1 aromatic heterocycles. The van der Waals surface area contributed by atoms with E-state index in [1.54, 1.807) is 18.2 Å². The van der Waals surface area contributed by atoms with Crippen LogP contribution in [0.5, 0.6) is 5.75 Å². The molecule has 4 aromatic carbocycles. The fourth-order valence-electron chi connectivity index (χ4n) is 4.29. The van der Waals surface area contributed by atoms with Crippen molar-refractivity contribution in [2.75, 3.05) is 0 Å². The SMILES string of the molecule is O=C(O)c1c(-c2ccccc2)c2cc(OCc3ccccc3)ccc2c(=O)n1Cc1ccccc1. The van der Waals surface area contributed by atoms with Crippen molar-refractivity contribution in [1.29, 1.82) is 0 Å². The van der Waals surface area contributed by atoms with E-state index in [9.17, 15) is 14.7 Å². The minimum absolute atomic E-state index is 0.0437. The van der Waals surface area contributed by atoms with Crippen LogP contribution in [0.15, 0.2) is 114 Å². The lowest BCUT2D eigenvalue weighted by atomic mass is 9.96. The van der Waals surface area contributed by atoms with Gasteiger partial charge in [0, 0.05) is 16.3 Å². The van der Waals surface area contributed by atoms with Crippen molar-refractivity contribution in [2.24, 2.45) is 0 Å². The van der Waals surface area contributed by atoms with Gasteiger partial charge in [-0.25, -0.2) is 4.79 Å². The van der Waals surface area contributed by atoms with Crippen LogP contribution in [0, 0.1) is 0 Å². The molecule has 0 aliphatic rings. The number of fused-ring (bicyclic) bond motifs is 1. The molecule has 5 heteroatoms. The number of carboxylic acid groups (broad SMARTS) is 1. The van der Waals surface area contributed by atoms with E-state index < -0.39 is 5.97 Å². The molecule has 1 heterocycles. The molecule has 0 atom stereocenters. The zero-order valence-corrected chi connectivity index (χ0v) is 18.9. The first-order valence-corrected chi connectivity index (χ1v) is 11.3. The van der Waals surface area contributed by atoms with E-state index in [-0.39, 0.29) is 17.8 Å². The van der Waals surface area contributed by atoms with Crippen LogP contribution in [0.3, 0.4) is 0 Å². The highest BCUT2D eigenvalue weighted by Crippen LogP contribution is 2.33. The Bertz CT molecular complexity index is 1540. The van der Waals surface area contributed by atoms with Gasteiger partial charge in [-0.1, -0.05) is 91.0 Å². The summed E-state index contributed by atoms with van der Waals surface area (Å²) in [6.07, 6.45) is 0. The van der Waals surface area contributed by atoms with E-state index in [1.165, 1.54) is 4.57 Å². The molecule has 0 spiro atoms. The van der Waals surface area contributed by atoms with Crippen molar-refractivity contribution in [2.45, 2.75) is 13.2 Å². The van der Waals surface area contributed by atoms with E-state index in [0.717, 1.165) is 16.7 Å². The van der Waals surface area contributed by atoms with Crippen molar-refractivity contribution in [3.05, 3.63) is 136 Å². The molecule has 0 saturated carbocycles. The van der Waals surface area contributed by atoms with Gasteiger partial charge in [0.25, 0.3) is 5.56 Å². The standard InChI is InChI=1S/C30H23NO4/c32-29-25-17-16-24(35-20-22-12-6-2-7-13-22)18-26(25)27(23-14-8-3-9-15-23)28(30(33)34)31(29)19-21-10-4-1-5-11-21/h1-18H,19-20H2,(H,33,34). The number of carboxylic acids is 1. The molecule has 0 unspecified atom stereocenters. The number of ether oxygens (including phenoxy) is 1. The summed E-state index contributed by atoms with van der Waals surface area (Å²) in [6, 6.07) is 33.7. The Balaban J connectivity index is 1.72. The summed E-state index contributed by atoms with van der Waals surface area (Å²) in [5.41, 5.74) is 2.68. The number of hydrogen-bond donors (Lipinski definition) is 1. The Morgan fingerprint density at radius 1 is 0.743 bits per heavy atom. The summed E-state index contributed by atoms with van der Waals surface area (Å²) < 4.78 is 7.35. The third-order valence-electron chi connectivity index (χ3n) is 5.94. The molecule has 0 fully saturated rings. The highest BCUT2D eigenvalue weighted by Gasteiger charge is 2.23. The maximum atomic E-state index is 13.6. The van der Waals surface area contributed by atoms with Crippen LogP contribution in [0.4, 0.5) is 0 Å². The van der Waals surface area contributed by atoms with E-state index in [1.807, 2.05) is 91.0 Å². The topological polar surface area (TPSA) is 68.5 Å². The molecule has 0 bridgehead atoms. The monoisotopic (exact) mass is 461 g/mol. The van der Waals surface area contributed by atoms with Crippen molar-refractivity contribution in [1.82, 2.24) is 4.57 Å². The van der Waals surface area contributed by atoms with Crippen LogP contribution in [-0.2, 0) is 13.2 Å². The number of aromatic carboxylic acids is 1. The predicted octanol–water partition coefficient (Wildman–Crippen LogP) is 5.99. The average Bonchev–Trinajstić information content (AvgIpc) is 2.90. The van der Waals surface area contributed by atoms with Gasteiger partial charge in [0.2, 0.25) is 0 Å². The highest BCUT2D eigenvalue weighted by atomic mass is 16.5. The van der Waals surface area contributed by atoms with Crippen molar-refractivity contribution >= 4 is 16.7 Å². The second kappa shape index (κ2) is 9.69. The van der Waals surface area contributed by atoms with Gasteiger partial charge in [0.05, 0.1) is 6.54 Å². The normalized spacial score (nSPS) is 10.9. The van der Waals surface area contributed by atoms with Gasteiger partial charge in [0.1, 0.15) is 18.1 Å². The number of hydrogen-bond acceptors (Lipinski definition) is 3. The minimum atomic E-state index is -1.16. The molecule has 0 amide bonds. The number of aromatic nitrogens is 1. The lowest BCUT2D eigenvalue weighted by Gasteiger charge is -2.18. The smallest absolute Gasteiger partial charge is 0.353 e. The van der Waals surface area contributed by atoms with E-state index in [0.29, 0.717) is 28.7 Å². The summed E-state index contributed by atoms with van der Waals surface area (Å²) in [7, 11) is 0. The maximum Gasteiger partial charge on any atom is 0.353 e. The Morgan fingerprint density at radius 2 is 1.34 bits per heavy atom. The lowest BCUT2D eigenvalue weighted by Crippen LogP contribution is -2.28. The first-order valence-electron chi connectivity index (χ1n) is 11.3. The van der Waals surface area contributed by atoms with Gasteiger partial charge in [-0.05, 0) is 34.9 Å². The third kappa shape index (κ3) is 4.57. The average molecular weight is 462 g/mol. The van der Waals surface area contributed by atoms with Gasteiger partial charge < -0.3 is 9.84 Å². The van der Waals surface area contributed by atoms with Crippen molar-refractivity contribution in [3.8, 4) is 16.9 Å². The minimum Gasteiger partial charge on any atom is -0.489 e. The van der Waals surface area contributed by atoms with Crippen LogP contribution >= 0.6 is 0 Å². The molecule has 0 aliphatic heterocycles. The maximum absolute atomic E-state index is 13.6. The third-order valence-corrected chi connectivity index (χ3v) is 5.94. The molecule has 0 radical (unpaired) electrons. The predicted molar refractivity (Wildman–Crippen MR) is 137 cm³/mol. The van der Waals surface area contributed by atoms with Crippen LogP contribution in [0.2, 0.25) is 0 Å². The van der Waals surface area contributed by atoms with Crippen molar-refractivity contribution < 1.29 is 14.6 Å². The zero-order valence-electron chi connectivity index (χ0n) is 18.9. The second-order valence-electron chi connectivity index (χ2n) is 8.25. The number of nitrogens with zero attached hydrogens (tertiary/aromatic N) is 1. The molecule has 5 aromatic rings. The molecule has 1 N–H and O–H groups in total. The molecule has 0 saturated heterocycles. The summed E-state index contributed by atoms with van der Waals surface area (Å²) in [4.78, 5) is 26.2. The molecular weight excluding hydrogens is 438 g/mol. The van der Waals surface area contributed by atoms with Gasteiger partial charge >= 0.3 is 5.97 Å². The fourth-order valence-corrected chi connectivity index (χ4v) is 4.29. The number of benzene rings is 4. The van der Waals surface area contributed by atoms with Crippen LogP contribution < -0.4 is 10.3 Å². The molecule has 0 aliphatic carbocycles. The van der Waals surface area contributed by atoms with Crippen LogP contribution in [0.1, 0.15) is 21.6 Å². The summed E-state index contributed by atoms with van der Waals surface area (Å²) in [6.45, 7) is 0.521. The van der Waals surface area contributed by atoms with Crippen LogP contribution in [-0.4, -0.2) is 15.6 Å². The quantitative estimate of drug-likeness (QED) is 0.323. The lowest BCUT2D eigenvalue weighted by molar-refractivity contribution is 0.0685. The largest absolute Gasteiger partial charge is 0.489 e. The molecule has 5 rings (SSSR count). The number of rotatable bonds is 7. The summed E-state index contributed by atoms with van der Waals surface area (Å²) >= 11 is 0. The van der Waals surface area contributed by atoms with E-state index >= 15 is 0 Å². The van der Waals surface area contributed by atoms with Gasteiger partial charge in [0.15, 0.2) is 0 Å². The van der Waals surface area contributed by atoms with E-state index in [2.05, 4.69) is 0 Å². The Kier molecular flexibility index (Phi) is 6.14. The molecule has 172 valence electrons. The second-order valence-corrected chi connectivity index (χ2v) is 8.25. The van der Waals surface area contributed by atoms with Crippen molar-refractivity contribution in [3.63, 3.8) is 0 Å². The fraction of sp³-hybridized carbons (Fsp3) is 0.0667. The Hall–Kier alpha value is -4.64. The molecule has 5 nitrogen and oxygen atoms in total. The highest BCUT2D eigenvalue weighted by molar-refractivity contribution is 6.06. The Morgan fingerprint density at radius 3 is 1.97 bits per heavy atom. The van der Waals surface area contributed by atoms with Gasteiger partial charge in [-0.3, -0.25) is 9.36 Å². The first kappa shape index (κ1) is 22.2. The summed E-state index contributed by atoms with van der Waals surface area (Å²) in [5.74, 6) is -0.593.